The first kappa shape index (κ1) is 24.5. The molecule has 0 saturated carbocycles. The lowest BCUT2D eigenvalue weighted by atomic mass is 9.93. The molecule has 0 aliphatic carbocycles. The minimum atomic E-state index is -0.966. The summed E-state index contributed by atoms with van der Waals surface area (Å²) in [5.74, 6) is 1.17. The predicted molar refractivity (Wildman–Crippen MR) is 138 cm³/mol. The molecule has 3 N–H and O–H groups in total. The Morgan fingerprint density at radius 1 is 1.19 bits per heavy atom. The maximum Gasteiger partial charge on any atom is 0.326 e. The van der Waals surface area contributed by atoms with Crippen molar-refractivity contribution in [3.8, 4) is 0 Å². The molecular formula is C27H36N6O3. The summed E-state index contributed by atoms with van der Waals surface area (Å²) in [4.78, 5) is 38.1. The highest BCUT2D eigenvalue weighted by Crippen LogP contribution is 2.25. The van der Waals surface area contributed by atoms with E-state index < -0.39 is 12.0 Å². The molecule has 3 aliphatic heterocycles. The number of hydrogen-bond acceptors (Lipinski definition) is 7. The molecule has 2 aromatic rings. The van der Waals surface area contributed by atoms with E-state index in [9.17, 15) is 14.7 Å². The lowest BCUT2D eigenvalue weighted by Crippen LogP contribution is -2.50. The number of anilines is 2. The van der Waals surface area contributed by atoms with Crippen LogP contribution in [0.3, 0.4) is 0 Å². The van der Waals surface area contributed by atoms with Gasteiger partial charge in [0.15, 0.2) is 0 Å². The van der Waals surface area contributed by atoms with Crippen molar-refractivity contribution in [2.45, 2.75) is 44.6 Å². The monoisotopic (exact) mass is 492 g/mol. The summed E-state index contributed by atoms with van der Waals surface area (Å²) in [7, 11) is 0. The number of carboxylic acid groups (broad SMARTS) is 1. The molecule has 192 valence electrons. The molecule has 36 heavy (non-hydrogen) atoms. The van der Waals surface area contributed by atoms with E-state index in [1.165, 1.54) is 12.0 Å². The van der Waals surface area contributed by atoms with E-state index in [1.807, 2.05) is 18.2 Å². The number of carbonyl (C=O) groups excluding carboxylic acids is 1. The standard InChI is InChI=1S/C27H36N6O3/c34-26(21-10-15-33(18-21)24-5-1-2-12-28-24)31-23(27(35)36)11-14-32-16-19(17-32)6-8-22-9-7-20-4-3-13-29-25(20)30-22/h1-2,5,7,9,12,19,21,23H,3-4,6,8,10-11,13-18H2,(H,29,30)(H,31,34)(H,35,36)/t21-,23?/m0/s1. The number of aliphatic carboxylic acids is 1. The summed E-state index contributed by atoms with van der Waals surface area (Å²) in [6.07, 6.45) is 7.21. The zero-order valence-corrected chi connectivity index (χ0v) is 20.7. The third kappa shape index (κ3) is 5.95. The number of aryl methyl sites for hydroxylation is 2. The van der Waals surface area contributed by atoms with Gasteiger partial charge < -0.3 is 25.5 Å². The molecule has 0 bridgehead atoms. The Labute approximate surface area is 212 Å². The van der Waals surface area contributed by atoms with E-state index in [2.05, 4.69) is 37.6 Å². The number of aromatic nitrogens is 2. The van der Waals surface area contributed by atoms with Gasteiger partial charge in [-0.15, -0.1) is 0 Å². The van der Waals surface area contributed by atoms with Gasteiger partial charge >= 0.3 is 5.97 Å². The van der Waals surface area contributed by atoms with Crippen LogP contribution in [0.1, 0.15) is 36.9 Å². The van der Waals surface area contributed by atoms with E-state index in [-0.39, 0.29) is 11.8 Å². The summed E-state index contributed by atoms with van der Waals surface area (Å²) >= 11 is 0. The topological polar surface area (TPSA) is 111 Å². The van der Waals surface area contributed by atoms with Crippen LogP contribution in [0.2, 0.25) is 0 Å². The van der Waals surface area contributed by atoms with Crippen LogP contribution in [0.5, 0.6) is 0 Å². The van der Waals surface area contributed by atoms with Gasteiger partial charge in [0.2, 0.25) is 5.91 Å². The molecule has 2 saturated heterocycles. The Bertz CT molecular complexity index is 1060. The summed E-state index contributed by atoms with van der Waals surface area (Å²) in [6.45, 7) is 4.95. The van der Waals surface area contributed by atoms with Crippen LogP contribution in [0.25, 0.3) is 0 Å². The quantitative estimate of drug-likeness (QED) is 0.463. The van der Waals surface area contributed by atoms with Crippen molar-refractivity contribution < 1.29 is 14.7 Å². The highest BCUT2D eigenvalue weighted by Gasteiger charge is 2.33. The van der Waals surface area contributed by atoms with E-state index >= 15 is 0 Å². The summed E-state index contributed by atoms with van der Waals surface area (Å²) in [6, 6.07) is 9.24. The van der Waals surface area contributed by atoms with Gasteiger partial charge in [0, 0.05) is 51.2 Å². The van der Waals surface area contributed by atoms with Gasteiger partial charge in [-0.2, -0.15) is 0 Å². The Morgan fingerprint density at radius 2 is 2.08 bits per heavy atom. The van der Waals surface area contributed by atoms with Gasteiger partial charge in [-0.1, -0.05) is 12.1 Å². The molecule has 5 rings (SSSR count). The number of nitrogens with zero attached hydrogens (tertiary/aromatic N) is 4. The lowest BCUT2D eigenvalue weighted by Gasteiger charge is -2.40. The largest absolute Gasteiger partial charge is 0.480 e. The third-order valence-corrected chi connectivity index (χ3v) is 7.67. The van der Waals surface area contributed by atoms with Crippen LogP contribution in [-0.2, 0) is 22.4 Å². The Kier molecular flexibility index (Phi) is 7.65. The van der Waals surface area contributed by atoms with Crippen LogP contribution in [0.15, 0.2) is 36.5 Å². The molecule has 0 aromatic carbocycles. The van der Waals surface area contributed by atoms with E-state index in [0.717, 1.165) is 62.8 Å². The van der Waals surface area contributed by atoms with Crippen LogP contribution < -0.4 is 15.5 Å². The number of nitrogens with one attached hydrogen (secondary N) is 2. The van der Waals surface area contributed by atoms with Gasteiger partial charge in [-0.05, 0) is 68.2 Å². The van der Waals surface area contributed by atoms with E-state index in [1.54, 1.807) is 6.20 Å². The van der Waals surface area contributed by atoms with Crippen LogP contribution in [-0.4, -0.2) is 77.2 Å². The molecule has 0 radical (unpaired) electrons. The van der Waals surface area contributed by atoms with Crippen molar-refractivity contribution >= 4 is 23.5 Å². The summed E-state index contributed by atoms with van der Waals surface area (Å²) < 4.78 is 0. The molecule has 5 heterocycles. The maximum atomic E-state index is 12.8. The van der Waals surface area contributed by atoms with Crippen molar-refractivity contribution in [1.82, 2.24) is 20.2 Å². The van der Waals surface area contributed by atoms with Crippen LogP contribution in [0, 0.1) is 11.8 Å². The summed E-state index contributed by atoms with van der Waals surface area (Å²) in [5.41, 5.74) is 2.46. The fourth-order valence-corrected chi connectivity index (χ4v) is 5.48. The Balaban J connectivity index is 1.02. The second-order valence-electron chi connectivity index (χ2n) is 10.3. The molecule has 9 nitrogen and oxygen atoms in total. The highest BCUT2D eigenvalue weighted by atomic mass is 16.4. The lowest BCUT2D eigenvalue weighted by molar-refractivity contribution is -0.142. The van der Waals surface area contributed by atoms with Gasteiger partial charge in [-0.3, -0.25) is 4.79 Å². The zero-order valence-electron chi connectivity index (χ0n) is 20.7. The number of carbonyl (C=O) groups is 2. The van der Waals surface area contributed by atoms with Crippen molar-refractivity contribution in [3.05, 3.63) is 47.8 Å². The molecule has 2 atom stereocenters. The summed E-state index contributed by atoms with van der Waals surface area (Å²) in [5, 5.41) is 15.9. The maximum absolute atomic E-state index is 12.8. The third-order valence-electron chi connectivity index (χ3n) is 7.67. The van der Waals surface area contributed by atoms with Crippen LogP contribution in [0.4, 0.5) is 11.6 Å². The smallest absolute Gasteiger partial charge is 0.326 e. The molecule has 1 amide bonds. The SMILES string of the molecule is O=C(O)C(CCN1CC(CCc2ccc3c(n2)NCCC3)C1)NC(=O)[C@H]1CCN(c2ccccn2)C1. The normalized spacial score (nSPS) is 20.8. The van der Waals surface area contributed by atoms with Gasteiger partial charge in [0.1, 0.15) is 17.7 Å². The number of likely N-dealkylation sites (tertiary alicyclic amines) is 1. The number of carboxylic acids is 1. The molecular weight excluding hydrogens is 456 g/mol. The molecule has 2 fully saturated rings. The average molecular weight is 493 g/mol. The number of hydrogen-bond donors (Lipinski definition) is 3. The first-order valence-corrected chi connectivity index (χ1v) is 13.2. The number of amides is 1. The second-order valence-corrected chi connectivity index (χ2v) is 10.3. The molecule has 3 aliphatic rings. The number of rotatable bonds is 10. The zero-order chi connectivity index (χ0) is 24.9. The number of fused-ring (bicyclic) bond motifs is 1. The first-order valence-electron chi connectivity index (χ1n) is 13.2. The molecule has 9 heteroatoms. The van der Waals surface area contributed by atoms with E-state index in [0.29, 0.717) is 31.8 Å². The van der Waals surface area contributed by atoms with E-state index in [4.69, 9.17) is 4.98 Å². The highest BCUT2D eigenvalue weighted by molar-refractivity contribution is 5.85. The average Bonchev–Trinajstić information content (AvgIpc) is 3.37. The molecule has 0 spiro atoms. The van der Waals surface area contributed by atoms with Crippen molar-refractivity contribution in [2.24, 2.45) is 11.8 Å². The predicted octanol–water partition coefficient (Wildman–Crippen LogP) is 2.19. The van der Waals surface area contributed by atoms with Crippen LogP contribution >= 0.6 is 0 Å². The van der Waals surface area contributed by atoms with Crippen molar-refractivity contribution in [2.75, 3.05) is 49.5 Å². The number of pyridine rings is 2. The molecule has 2 aromatic heterocycles. The first-order chi connectivity index (χ1) is 17.5. The van der Waals surface area contributed by atoms with Crippen molar-refractivity contribution in [1.29, 1.82) is 0 Å². The fraction of sp³-hybridized carbons (Fsp3) is 0.556. The fourth-order valence-electron chi connectivity index (χ4n) is 5.48. The Hall–Kier alpha value is -3.20. The minimum absolute atomic E-state index is 0.172. The second kappa shape index (κ2) is 11.2. The van der Waals surface area contributed by atoms with Gasteiger partial charge in [-0.25, -0.2) is 14.8 Å². The Morgan fingerprint density at radius 3 is 2.89 bits per heavy atom. The van der Waals surface area contributed by atoms with Gasteiger partial charge in [0.25, 0.3) is 0 Å². The van der Waals surface area contributed by atoms with Crippen molar-refractivity contribution in [3.63, 3.8) is 0 Å². The van der Waals surface area contributed by atoms with Gasteiger partial charge in [0.05, 0.1) is 5.92 Å². The minimum Gasteiger partial charge on any atom is -0.480 e. The molecule has 1 unspecified atom stereocenters.